The Balaban J connectivity index is 1.12. The smallest absolute Gasteiger partial charge is 0.315 e. The van der Waals surface area contributed by atoms with Crippen LogP contribution in [0.2, 0.25) is 20.1 Å². The van der Waals surface area contributed by atoms with Crippen LogP contribution in [0, 0.1) is 41.4 Å². The number of allylic oxidation sites excluding steroid dienone is 1. The molecule has 1 heterocycles. The van der Waals surface area contributed by atoms with Crippen molar-refractivity contribution in [2.24, 2.45) is 41.4 Å². The third-order valence-corrected chi connectivity index (χ3v) is 22.8. The molecule has 7 unspecified atom stereocenters. The molecule has 0 aliphatic carbocycles. The Morgan fingerprint density at radius 2 is 0.677 bits per heavy atom. The van der Waals surface area contributed by atoms with E-state index in [1.807, 2.05) is 13.8 Å². The van der Waals surface area contributed by atoms with Gasteiger partial charge in [0.15, 0.2) is 0 Å². The molecule has 27 nitrogen and oxygen atoms in total. The minimum Gasteiger partial charge on any atom is -0.499 e. The van der Waals surface area contributed by atoms with Crippen molar-refractivity contribution in [2.45, 2.75) is 278 Å². The van der Waals surface area contributed by atoms with Crippen molar-refractivity contribution in [3.05, 3.63) is 129 Å². The highest BCUT2D eigenvalue weighted by Gasteiger charge is 2.36. The molecule has 0 bridgehead atoms. The van der Waals surface area contributed by atoms with Crippen molar-refractivity contribution in [1.29, 1.82) is 0 Å². The molecule has 0 saturated carbocycles. The van der Waals surface area contributed by atoms with Crippen LogP contribution in [-0.4, -0.2) is 144 Å². The van der Waals surface area contributed by atoms with Crippen LogP contribution in [0.5, 0.6) is 23.0 Å². The lowest BCUT2D eigenvalue weighted by Gasteiger charge is -2.22. The molecule has 4 aromatic rings. The molecule has 1 saturated heterocycles. The fraction of sp³-hybridized carbons (Fsp3) is 0.606. The monoisotopic (exact) mass is 1890 g/mol. The first-order chi connectivity index (χ1) is 62.8. The Kier molecular flexibility index (Phi) is 58.0. The highest BCUT2D eigenvalue weighted by atomic mass is 35.5. The highest BCUT2D eigenvalue weighted by Crippen LogP contribution is 2.32. The molecule has 31 heteroatoms. The Morgan fingerprint density at radius 1 is 0.354 bits per heavy atom. The zero-order chi connectivity index (χ0) is 94.3. The molecular weight excluding hydrogens is 1760 g/mol. The van der Waals surface area contributed by atoms with Gasteiger partial charge in [0.1, 0.15) is 23.0 Å². The van der Waals surface area contributed by atoms with Crippen molar-refractivity contribution in [1.82, 2.24) is 0 Å². The number of hydrogen-bond acceptors (Lipinski definition) is 27. The molecule has 4 aromatic carbocycles. The molecule has 0 amide bonds. The molecular formula is C99H134Cl4O27. The van der Waals surface area contributed by atoms with Crippen molar-refractivity contribution in [3.63, 3.8) is 0 Å². The maximum atomic E-state index is 14.0. The van der Waals surface area contributed by atoms with E-state index in [1.54, 1.807) is 79.7 Å². The normalized spacial score (nSPS) is 19.7. The predicted molar refractivity (Wildman–Crippen MR) is 488 cm³/mol. The second-order valence-electron chi connectivity index (χ2n) is 32.6. The maximum Gasteiger partial charge on any atom is 0.315 e. The number of benzene rings is 4. The number of carbonyl (C=O) groups is 13. The Morgan fingerprint density at radius 3 is 1.08 bits per heavy atom. The van der Waals surface area contributed by atoms with Crippen molar-refractivity contribution >= 4 is 124 Å². The van der Waals surface area contributed by atoms with Gasteiger partial charge >= 0.3 is 77.6 Å². The van der Waals surface area contributed by atoms with Crippen LogP contribution in [0.4, 0.5) is 0 Å². The summed E-state index contributed by atoms with van der Waals surface area (Å²) in [6.45, 7) is 11.1. The van der Waals surface area contributed by atoms with Crippen molar-refractivity contribution < 1.29 is 129 Å². The summed E-state index contributed by atoms with van der Waals surface area (Å²) in [7, 11) is 0. The summed E-state index contributed by atoms with van der Waals surface area (Å²) in [5.74, 6) is -10.8. The molecule has 1 fully saturated rings. The maximum absolute atomic E-state index is 14.0. The lowest BCUT2D eigenvalue weighted by Crippen LogP contribution is -2.33. The van der Waals surface area contributed by atoms with Crippen LogP contribution in [0.1, 0.15) is 278 Å². The van der Waals surface area contributed by atoms with Gasteiger partial charge in [-0.15, -0.1) is 0 Å². The molecule has 0 N–H and O–H groups in total. The van der Waals surface area contributed by atoms with Gasteiger partial charge in [-0.05, 0) is 285 Å². The van der Waals surface area contributed by atoms with Crippen LogP contribution in [0.25, 0.3) is 0 Å². The van der Waals surface area contributed by atoms with Crippen molar-refractivity contribution in [2.75, 3.05) is 66.1 Å². The number of carbonyl (C=O) groups excluding carboxylic acids is 13. The van der Waals surface area contributed by atoms with Gasteiger partial charge in [-0.2, -0.15) is 0 Å². The standard InChI is InChI=1S/C99H134Cl4O27/c1-5-85(86(6-2)99(116)130-84-44-33-40-80(103)70-84)98(115)126-65-26-16-15-24-63-124-93(110)71(3)48-49-74-51-54-91(108)122-60-22-12-11-18-57-118-87(104)45-27-34-72(4)117-56-17-7-8-21-62-123-92(109)55-52-76(97(114)129-83-43-32-39-79(102)69-83)66-75(96(113)128-82-42-31-38-78(101)68-82)36-29-47-89(106)120-59-20-10-9-19-58-119-88(105)46-28-35-73(95(112)127-81-41-30-37-77(100)67-81)50-53-90(107)121-61-23-13-14-25-64-125-94(74)111/h30-33,37-44,67-71,73-76,85-86H,4-29,34-36,45-66H2,1-3H3. The van der Waals surface area contributed by atoms with Crippen LogP contribution < -0.4 is 18.9 Å². The summed E-state index contributed by atoms with van der Waals surface area (Å²) in [6.07, 6.45) is 15.4. The first-order valence-electron chi connectivity index (χ1n) is 46.4. The summed E-state index contributed by atoms with van der Waals surface area (Å²) >= 11 is 24.7. The van der Waals surface area contributed by atoms with E-state index in [2.05, 4.69) is 6.58 Å². The number of esters is 13. The predicted octanol–water partition coefficient (Wildman–Crippen LogP) is 21.4. The van der Waals surface area contributed by atoms with Gasteiger partial charge in [0, 0.05) is 65.0 Å². The largest absolute Gasteiger partial charge is 0.499 e. The number of halogens is 4. The molecule has 0 spiro atoms. The van der Waals surface area contributed by atoms with Crippen molar-refractivity contribution in [3.8, 4) is 23.0 Å². The van der Waals surface area contributed by atoms with E-state index >= 15 is 0 Å². The van der Waals surface area contributed by atoms with Gasteiger partial charge in [-0.3, -0.25) is 62.3 Å². The zero-order valence-electron chi connectivity index (χ0n) is 75.9. The quantitative estimate of drug-likeness (QED) is 0.0288. The average molecular weight is 1900 g/mol. The van der Waals surface area contributed by atoms with Crippen LogP contribution >= 0.6 is 46.4 Å². The van der Waals surface area contributed by atoms with E-state index in [4.69, 9.17) is 113 Å². The van der Waals surface area contributed by atoms with Gasteiger partial charge in [0.25, 0.3) is 0 Å². The minimum absolute atomic E-state index is 0.00162. The van der Waals surface area contributed by atoms with E-state index in [0.29, 0.717) is 173 Å². The lowest BCUT2D eigenvalue weighted by atomic mass is 9.87. The van der Waals surface area contributed by atoms with Gasteiger partial charge < -0.3 is 66.3 Å². The summed E-state index contributed by atoms with van der Waals surface area (Å²) in [6, 6.07) is 25.3. The molecule has 1 aliphatic rings. The summed E-state index contributed by atoms with van der Waals surface area (Å²) in [4.78, 5) is 173. The number of cyclic esters (lactones) is 7. The molecule has 7 atom stereocenters. The van der Waals surface area contributed by atoms with Crippen LogP contribution in [-0.2, 0) is 110 Å². The van der Waals surface area contributed by atoms with E-state index < -0.39 is 113 Å². The topological polar surface area (TPSA) is 351 Å². The second-order valence-corrected chi connectivity index (χ2v) is 34.3. The Labute approximate surface area is 785 Å². The fourth-order valence-electron chi connectivity index (χ4n) is 14.3. The number of unbranched alkanes of at least 4 members (excludes halogenated alkanes) is 3. The van der Waals surface area contributed by atoms with Crippen LogP contribution in [0.15, 0.2) is 109 Å². The van der Waals surface area contributed by atoms with Gasteiger partial charge in [0.05, 0.1) is 113 Å². The van der Waals surface area contributed by atoms with E-state index in [0.717, 1.165) is 19.3 Å². The zero-order valence-corrected chi connectivity index (χ0v) is 78.9. The SMILES string of the molecule is C=C1CCCC(=O)OCCCCCCOC(=O)CCC(CCC(C)C(=O)OCCCCCCOC(=O)C(CC)C(CC)C(=O)Oc2cccc(Cl)c2)C(=O)OCCCCCCOC(=O)CCC(C(=O)Oc2cccc(Cl)c2)CCCC(=O)OCCCCCCOC(=O)CCCC(C(=O)Oc2cccc(Cl)c2)CC(C(=O)Oc2cccc(Cl)c2)CCC(=O)OCCCCCCO1. The first-order valence-corrected chi connectivity index (χ1v) is 47.9. The number of ether oxygens (including phenoxy) is 14. The minimum atomic E-state index is -1.00. The highest BCUT2D eigenvalue weighted by molar-refractivity contribution is 6.31. The van der Waals surface area contributed by atoms with E-state index in [-0.39, 0.29) is 185 Å². The molecule has 0 aromatic heterocycles. The third-order valence-electron chi connectivity index (χ3n) is 21.9. The molecule has 130 heavy (non-hydrogen) atoms. The third kappa shape index (κ3) is 50.9. The van der Waals surface area contributed by atoms with E-state index in [9.17, 15) is 62.3 Å². The summed E-state index contributed by atoms with van der Waals surface area (Å²) < 4.78 is 78.6. The average Bonchev–Trinajstić information content (AvgIpc) is 0.859. The van der Waals surface area contributed by atoms with Crippen LogP contribution in [0.3, 0.4) is 0 Å². The lowest BCUT2D eigenvalue weighted by molar-refractivity contribution is -0.157. The molecule has 1 aliphatic heterocycles. The number of rotatable bonds is 23. The fourth-order valence-corrected chi connectivity index (χ4v) is 15.0. The van der Waals surface area contributed by atoms with E-state index in [1.165, 1.54) is 24.3 Å². The Hall–Kier alpha value is -9.31. The molecule has 5 rings (SSSR count). The first kappa shape index (κ1) is 111. The molecule has 720 valence electrons. The number of hydrogen-bond donors (Lipinski definition) is 0. The molecule has 0 radical (unpaired) electrons. The van der Waals surface area contributed by atoms with Gasteiger partial charge in [0.2, 0.25) is 0 Å². The Bertz CT molecular complexity index is 4100. The summed E-state index contributed by atoms with van der Waals surface area (Å²) in [5.41, 5.74) is 0. The van der Waals surface area contributed by atoms with Gasteiger partial charge in [-0.1, -0.05) is 98.0 Å². The summed E-state index contributed by atoms with van der Waals surface area (Å²) in [5, 5.41) is 1.42. The second kappa shape index (κ2) is 67.8. The van der Waals surface area contributed by atoms with Gasteiger partial charge in [-0.25, -0.2) is 0 Å².